The van der Waals surface area contributed by atoms with Gasteiger partial charge in [-0.2, -0.15) is 0 Å². The highest BCUT2D eigenvalue weighted by molar-refractivity contribution is 7.89. The average Bonchev–Trinajstić information content (AvgIpc) is 2.37. The van der Waals surface area contributed by atoms with Crippen molar-refractivity contribution in [3.05, 3.63) is 29.3 Å². The molecule has 1 aromatic carbocycles. The predicted molar refractivity (Wildman–Crippen MR) is 73.7 cm³/mol. The van der Waals surface area contributed by atoms with Gasteiger partial charge in [0.05, 0.1) is 18.1 Å². The number of benzene rings is 1. The normalized spacial score (nSPS) is 20.4. The summed E-state index contributed by atoms with van der Waals surface area (Å²) in [6.45, 7) is 6.10. The number of hydrogen-bond acceptors (Lipinski definition) is 4. The first-order valence-corrected chi connectivity index (χ1v) is 7.85. The largest absolute Gasteiger partial charge is 0.378 e. The molecule has 1 fully saturated rings. The minimum absolute atomic E-state index is 0.0365. The Bertz CT molecular complexity index is 517. The average molecular weight is 284 g/mol. The van der Waals surface area contributed by atoms with Gasteiger partial charge < -0.3 is 10.1 Å². The van der Waals surface area contributed by atoms with Crippen molar-refractivity contribution in [3.8, 4) is 0 Å². The number of morpholine rings is 1. The quantitative estimate of drug-likeness (QED) is 0.848. The minimum Gasteiger partial charge on any atom is -0.378 e. The molecule has 0 spiro atoms. The van der Waals surface area contributed by atoms with Crippen LogP contribution in [0.25, 0.3) is 0 Å². The third kappa shape index (κ3) is 4.01. The first-order valence-electron chi connectivity index (χ1n) is 6.36. The van der Waals surface area contributed by atoms with Gasteiger partial charge in [0, 0.05) is 19.1 Å². The smallest absolute Gasteiger partial charge is 0.240 e. The Morgan fingerprint density at radius 2 is 2.00 bits per heavy atom. The van der Waals surface area contributed by atoms with Crippen LogP contribution >= 0.6 is 0 Å². The highest BCUT2D eigenvalue weighted by atomic mass is 32.2. The van der Waals surface area contributed by atoms with Crippen LogP contribution < -0.4 is 10.0 Å². The maximum atomic E-state index is 12.2. The maximum absolute atomic E-state index is 12.2. The second kappa shape index (κ2) is 6.00. The van der Waals surface area contributed by atoms with E-state index in [4.69, 9.17) is 4.74 Å². The van der Waals surface area contributed by atoms with E-state index >= 15 is 0 Å². The van der Waals surface area contributed by atoms with Crippen LogP contribution in [0.15, 0.2) is 23.1 Å². The van der Waals surface area contributed by atoms with Crippen LogP contribution in [0.2, 0.25) is 0 Å². The lowest BCUT2D eigenvalue weighted by atomic mass is 10.2. The lowest BCUT2D eigenvalue weighted by Crippen LogP contribution is -2.48. The molecule has 0 saturated carbocycles. The van der Waals surface area contributed by atoms with Crippen molar-refractivity contribution in [3.63, 3.8) is 0 Å². The Kier molecular flexibility index (Phi) is 4.57. The van der Waals surface area contributed by atoms with Crippen LogP contribution in [-0.4, -0.2) is 40.8 Å². The molecule has 1 aliphatic rings. The maximum Gasteiger partial charge on any atom is 0.240 e. The molecule has 0 amide bonds. The molecule has 1 atom stereocenters. The van der Waals surface area contributed by atoms with Gasteiger partial charge in [0.1, 0.15) is 0 Å². The zero-order valence-electron chi connectivity index (χ0n) is 11.3. The monoisotopic (exact) mass is 284 g/mol. The van der Waals surface area contributed by atoms with E-state index in [-0.39, 0.29) is 6.04 Å². The number of ether oxygens (including phenoxy) is 1. The van der Waals surface area contributed by atoms with Gasteiger partial charge in [-0.25, -0.2) is 13.1 Å². The Hall–Kier alpha value is -0.950. The first-order chi connectivity index (χ1) is 8.97. The van der Waals surface area contributed by atoms with E-state index in [0.717, 1.165) is 17.7 Å². The fourth-order valence-electron chi connectivity index (χ4n) is 2.13. The predicted octanol–water partition coefficient (Wildman–Crippen LogP) is 0.570. The Labute approximate surface area is 114 Å². The third-order valence-electron chi connectivity index (χ3n) is 3.02. The van der Waals surface area contributed by atoms with E-state index in [9.17, 15) is 8.42 Å². The molecule has 0 aromatic heterocycles. The van der Waals surface area contributed by atoms with Crippen LogP contribution in [0.4, 0.5) is 0 Å². The van der Waals surface area contributed by atoms with Crippen molar-refractivity contribution in [2.24, 2.45) is 0 Å². The van der Waals surface area contributed by atoms with Gasteiger partial charge in [-0.15, -0.1) is 0 Å². The van der Waals surface area contributed by atoms with Gasteiger partial charge in [-0.3, -0.25) is 0 Å². The van der Waals surface area contributed by atoms with E-state index < -0.39 is 10.0 Å². The zero-order valence-corrected chi connectivity index (χ0v) is 12.1. The summed E-state index contributed by atoms with van der Waals surface area (Å²) >= 11 is 0. The van der Waals surface area contributed by atoms with Crippen molar-refractivity contribution in [1.82, 2.24) is 10.0 Å². The molecule has 6 heteroatoms. The van der Waals surface area contributed by atoms with E-state index in [1.165, 1.54) is 0 Å². The fraction of sp³-hybridized carbons (Fsp3) is 0.538. The third-order valence-corrected chi connectivity index (χ3v) is 4.43. The fourth-order valence-corrected chi connectivity index (χ4v) is 3.40. The molecule has 1 aliphatic heterocycles. The lowest BCUT2D eigenvalue weighted by molar-refractivity contribution is 0.0784. The molecular weight excluding hydrogens is 264 g/mol. The van der Waals surface area contributed by atoms with Gasteiger partial charge in [0.15, 0.2) is 0 Å². The molecule has 106 valence electrons. The molecule has 1 saturated heterocycles. The molecule has 1 heterocycles. The summed E-state index contributed by atoms with van der Waals surface area (Å²) in [7, 11) is -3.45. The lowest BCUT2D eigenvalue weighted by Gasteiger charge is -2.23. The Balaban J connectivity index is 2.04. The summed E-state index contributed by atoms with van der Waals surface area (Å²) in [6.07, 6.45) is 0. The molecule has 2 rings (SSSR count). The van der Waals surface area contributed by atoms with E-state index in [2.05, 4.69) is 10.0 Å². The molecule has 1 unspecified atom stereocenters. The SMILES string of the molecule is Cc1cc(C)cc(S(=O)(=O)NCC2COCCN2)c1. The summed E-state index contributed by atoms with van der Waals surface area (Å²) in [5, 5.41) is 3.21. The standard InChI is InChI=1S/C13H20N2O3S/c1-10-5-11(2)7-13(6-10)19(16,17)15-8-12-9-18-4-3-14-12/h5-7,12,14-15H,3-4,8-9H2,1-2H3. The second-order valence-electron chi connectivity index (χ2n) is 4.90. The topological polar surface area (TPSA) is 67.4 Å². The van der Waals surface area contributed by atoms with Crippen LogP contribution in [0.5, 0.6) is 0 Å². The summed E-state index contributed by atoms with van der Waals surface area (Å²) in [4.78, 5) is 0.321. The van der Waals surface area contributed by atoms with Gasteiger partial charge in [-0.05, 0) is 37.1 Å². The number of rotatable bonds is 4. The van der Waals surface area contributed by atoms with Crippen molar-refractivity contribution >= 4 is 10.0 Å². The van der Waals surface area contributed by atoms with E-state index in [0.29, 0.717) is 24.7 Å². The molecule has 0 aliphatic carbocycles. The van der Waals surface area contributed by atoms with Gasteiger partial charge in [-0.1, -0.05) is 6.07 Å². The zero-order chi connectivity index (χ0) is 13.9. The Morgan fingerprint density at radius 3 is 2.58 bits per heavy atom. The number of aryl methyl sites for hydroxylation is 2. The summed E-state index contributed by atoms with van der Waals surface area (Å²) < 4.78 is 32.3. The Morgan fingerprint density at radius 1 is 1.32 bits per heavy atom. The van der Waals surface area contributed by atoms with Crippen LogP contribution in [0.3, 0.4) is 0 Å². The highest BCUT2D eigenvalue weighted by Crippen LogP contribution is 2.14. The summed E-state index contributed by atoms with van der Waals surface area (Å²) in [6, 6.07) is 5.35. The number of sulfonamides is 1. The molecule has 2 N–H and O–H groups in total. The van der Waals surface area contributed by atoms with Crippen LogP contribution in [-0.2, 0) is 14.8 Å². The van der Waals surface area contributed by atoms with E-state index in [1.807, 2.05) is 19.9 Å². The number of nitrogens with one attached hydrogen (secondary N) is 2. The van der Waals surface area contributed by atoms with Crippen LogP contribution in [0.1, 0.15) is 11.1 Å². The molecular formula is C13H20N2O3S. The molecule has 0 bridgehead atoms. The van der Waals surface area contributed by atoms with Gasteiger partial charge in [0.2, 0.25) is 10.0 Å². The van der Waals surface area contributed by atoms with E-state index in [1.54, 1.807) is 12.1 Å². The molecule has 19 heavy (non-hydrogen) atoms. The molecule has 1 aromatic rings. The first kappa shape index (κ1) is 14.5. The highest BCUT2D eigenvalue weighted by Gasteiger charge is 2.19. The number of hydrogen-bond donors (Lipinski definition) is 2. The summed E-state index contributed by atoms with van der Waals surface area (Å²) in [5.74, 6) is 0. The van der Waals surface area contributed by atoms with Gasteiger partial charge >= 0.3 is 0 Å². The second-order valence-corrected chi connectivity index (χ2v) is 6.67. The van der Waals surface area contributed by atoms with Crippen LogP contribution in [0, 0.1) is 13.8 Å². The van der Waals surface area contributed by atoms with Crippen molar-refractivity contribution in [2.45, 2.75) is 24.8 Å². The van der Waals surface area contributed by atoms with Crippen molar-refractivity contribution in [2.75, 3.05) is 26.3 Å². The molecule has 0 radical (unpaired) electrons. The van der Waals surface area contributed by atoms with Crippen molar-refractivity contribution in [1.29, 1.82) is 0 Å². The minimum atomic E-state index is -3.45. The van der Waals surface area contributed by atoms with Crippen molar-refractivity contribution < 1.29 is 13.2 Å². The molecule has 5 nitrogen and oxygen atoms in total. The summed E-state index contributed by atoms with van der Waals surface area (Å²) in [5.41, 5.74) is 1.89. The van der Waals surface area contributed by atoms with Gasteiger partial charge in [0.25, 0.3) is 0 Å².